The number of ketones is 1. The highest BCUT2D eigenvalue weighted by atomic mass is 79.9. The van der Waals surface area contributed by atoms with Gasteiger partial charge in [0.15, 0.2) is 5.78 Å². The summed E-state index contributed by atoms with van der Waals surface area (Å²) < 4.78 is 6.29. The summed E-state index contributed by atoms with van der Waals surface area (Å²) in [5.41, 5.74) is 0.989. The van der Waals surface area contributed by atoms with Crippen molar-refractivity contribution in [1.82, 2.24) is 4.98 Å². The van der Waals surface area contributed by atoms with Gasteiger partial charge in [0.2, 0.25) is 0 Å². The van der Waals surface area contributed by atoms with E-state index in [1.54, 1.807) is 30.5 Å². The lowest BCUT2D eigenvalue weighted by Crippen LogP contribution is -2.07. The van der Waals surface area contributed by atoms with Crippen LogP contribution in [0.4, 0.5) is 0 Å². The van der Waals surface area contributed by atoms with E-state index in [1.807, 2.05) is 13.8 Å². The maximum Gasteiger partial charge on any atom is 0.194 e. The van der Waals surface area contributed by atoms with Crippen molar-refractivity contribution in [2.75, 3.05) is 0 Å². The molecular weight excluding hydrogens is 342 g/mol. The second-order valence-corrected chi connectivity index (χ2v) is 5.80. The van der Waals surface area contributed by atoms with Crippen molar-refractivity contribution in [3.8, 4) is 5.75 Å². The number of hydrogen-bond donors (Lipinski definition) is 0. The average molecular weight is 355 g/mol. The summed E-state index contributed by atoms with van der Waals surface area (Å²) in [5, 5.41) is 0.499. The molecule has 0 radical (unpaired) electrons. The molecule has 0 atom stereocenters. The third kappa shape index (κ3) is 3.58. The van der Waals surface area contributed by atoms with Gasteiger partial charge < -0.3 is 4.74 Å². The Kier molecular flexibility index (Phi) is 4.78. The molecule has 1 heterocycles. The minimum absolute atomic E-state index is 0.0317. The third-order valence-corrected chi connectivity index (χ3v) is 3.76. The molecule has 0 saturated heterocycles. The Bertz CT molecular complexity index is 644. The molecule has 104 valence electrons. The second kappa shape index (κ2) is 6.37. The summed E-state index contributed by atoms with van der Waals surface area (Å²) in [7, 11) is 0. The van der Waals surface area contributed by atoms with Gasteiger partial charge in [-0.25, -0.2) is 0 Å². The first-order valence-corrected chi connectivity index (χ1v) is 7.26. The zero-order valence-electron chi connectivity index (χ0n) is 11.1. The quantitative estimate of drug-likeness (QED) is 0.758. The maximum absolute atomic E-state index is 12.4. The predicted molar refractivity (Wildman–Crippen MR) is 82.6 cm³/mol. The fourth-order valence-corrected chi connectivity index (χ4v) is 2.11. The third-order valence-electron chi connectivity index (χ3n) is 2.53. The normalized spacial score (nSPS) is 10.7. The Hall–Kier alpha value is -1.39. The van der Waals surface area contributed by atoms with E-state index in [0.29, 0.717) is 21.9 Å². The summed E-state index contributed by atoms with van der Waals surface area (Å²) in [6, 6.07) is 6.78. The summed E-state index contributed by atoms with van der Waals surface area (Å²) in [4.78, 5) is 16.4. The van der Waals surface area contributed by atoms with E-state index < -0.39 is 0 Å². The largest absolute Gasteiger partial charge is 0.489 e. The second-order valence-electron chi connectivity index (χ2n) is 4.53. The molecule has 0 aliphatic heterocycles. The van der Waals surface area contributed by atoms with Gasteiger partial charge in [0.1, 0.15) is 5.75 Å². The minimum atomic E-state index is -0.138. The summed E-state index contributed by atoms with van der Waals surface area (Å²) in [5.74, 6) is 0.440. The molecule has 0 spiro atoms. The first-order chi connectivity index (χ1) is 9.47. The molecule has 0 fully saturated rings. The van der Waals surface area contributed by atoms with Crippen molar-refractivity contribution in [1.29, 1.82) is 0 Å². The molecule has 2 aromatic rings. The lowest BCUT2D eigenvalue weighted by atomic mass is 10.1. The highest BCUT2D eigenvalue weighted by Crippen LogP contribution is 2.25. The highest BCUT2D eigenvalue weighted by molar-refractivity contribution is 9.10. The molecule has 20 heavy (non-hydrogen) atoms. The SMILES string of the molecule is CC(C)Oc1cncc(C(=O)c2ccc(Br)c(Cl)c2)c1. The van der Waals surface area contributed by atoms with Crippen LogP contribution in [0, 0.1) is 0 Å². The Labute approximate surface area is 131 Å². The van der Waals surface area contributed by atoms with Gasteiger partial charge in [-0.2, -0.15) is 0 Å². The highest BCUT2D eigenvalue weighted by Gasteiger charge is 2.12. The van der Waals surface area contributed by atoms with E-state index in [0.717, 1.165) is 4.47 Å². The van der Waals surface area contributed by atoms with Gasteiger partial charge in [-0.3, -0.25) is 9.78 Å². The number of halogens is 2. The number of pyridine rings is 1. The minimum Gasteiger partial charge on any atom is -0.489 e. The van der Waals surface area contributed by atoms with E-state index in [4.69, 9.17) is 16.3 Å². The lowest BCUT2D eigenvalue weighted by molar-refractivity contribution is 0.103. The lowest BCUT2D eigenvalue weighted by Gasteiger charge is -2.10. The Morgan fingerprint density at radius 3 is 2.65 bits per heavy atom. The van der Waals surface area contributed by atoms with Gasteiger partial charge >= 0.3 is 0 Å². The molecule has 2 rings (SSSR count). The van der Waals surface area contributed by atoms with Gasteiger partial charge in [-0.1, -0.05) is 11.6 Å². The zero-order chi connectivity index (χ0) is 14.7. The predicted octanol–water partition coefficient (Wildman–Crippen LogP) is 4.52. The van der Waals surface area contributed by atoms with Crippen molar-refractivity contribution in [2.24, 2.45) is 0 Å². The van der Waals surface area contributed by atoms with Crippen LogP contribution in [-0.4, -0.2) is 16.9 Å². The van der Waals surface area contributed by atoms with E-state index in [2.05, 4.69) is 20.9 Å². The van der Waals surface area contributed by atoms with Crippen molar-refractivity contribution >= 4 is 33.3 Å². The van der Waals surface area contributed by atoms with Crippen LogP contribution in [-0.2, 0) is 0 Å². The smallest absolute Gasteiger partial charge is 0.194 e. The summed E-state index contributed by atoms with van der Waals surface area (Å²) in [6.07, 6.45) is 3.14. The molecule has 3 nitrogen and oxygen atoms in total. The van der Waals surface area contributed by atoms with Crippen LogP contribution in [0.3, 0.4) is 0 Å². The number of nitrogens with zero attached hydrogens (tertiary/aromatic N) is 1. The fourth-order valence-electron chi connectivity index (χ4n) is 1.68. The van der Waals surface area contributed by atoms with Gasteiger partial charge in [-0.15, -0.1) is 0 Å². The van der Waals surface area contributed by atoms with Crippen molar-refractivity contribution in [3.05, 3.63) is 57.3 Å². The van der Waals surface area contributed by atoms with Gasteiger partial charge in [0.05, 0.1) is 17.3 Å². The molecule has 0 aliphatic rings. The Balaban J connectivity index is 2.30. The standard InChI is InChI=1S/C15H13BrClNO2/c1-9(2)20-12-5-11(7-18-8-12)15(19)10-3-4-13(16)14(17)6-10/h3-9H,1-2H3. The van der Waals surface area contributed by atoms with Crippen molar-refractivity contribution in [2.45, 2.75) is 20.0 Å². The first-order valence-electron chi connectivity index (χ1n) is 6.09. The number of ether oxygens (including phenoxy) is 1. The number of rotatable bonds is 4. The van der Waals surface area contributed by atoms with Gasteiger partial charge in [0, 0.05) is 21.8 Å². The van der Waals surface area contributed by atoms with Crippen molar-refractivity contribution in [3.63, 3.8) is 0 Å². The molecule has 1 aromatic heterocycles. The maximum atomic E-state index is 12.4. The van der Waals surface area contributed by atoms with Crippen molar-refractivity contribution < 1.29 is 9.53 Å². The molecule has 0 aliphatic carbocycles. The molecule has 1 aromatic carbocycles. The molecule has 0 N–H and O–H groups in total. The molecular formula is C15H13BrClNO2. The number of carbonyl (C=O) groups is 1. The van der Waals surface area contributed by atoms with Crippen LogP contribution >= 0.6 is 27.5 Å². The number of benzene rings is 1. The molecule has 5 heteroatoms. The number of carbonyl (C=O) groups excluding carboxylic acids is 1. The van der Waals surface area contributed by atoms with E-state index in [1.165, 1.54) is 6.20 Å². The molecule has 0 amide bonds. The monoisotopic (exact) mass is 353 g/mol. The molecule has 0 unspecified atom stereocenters. The van der Waals surface area contributed by atoms with E-state index >= 15 is 0 Å². The number of hydrogen-bond acceptors (Lipinski definition) is 3. The van der Waals surface area contributed by atoms with Gasteiger partial charge in [-0.05, 0) is 54.0 Å². The average Bonchev–Trinajstić information content (AvgIpc) is 2.40. The van der Waals surface area contributed by atoms with Crippen LogP contribution in [0.25, 0.3) is 0 Å². The van der Waals surface area contributed by atoms with Crippen LogP contribution < -0.4 is 4.74 Å². The molecule has 0 bridgehead atoms. The van der Waals surface area contributed by atoms with Crippen LogP contribution in [0.1, 0.15) is 29.8 Å². The van der Waals surface area contributed by atoms with E-state index in [9.17, 15) is 4.79 Å². The zero-order valence-corrected chi connectivity index (χ0v) is 13.4. The van der Waals surface area contributed by atoms with E-state index in [-0.39, 0.29) is 11.9 Å². The van der Waals surface area contributed by atoms with Gasteiger partial charge in [0.25, 0.3) is 0 Å². The number of aromatic nitrogens is 1. The summed E-state index contributed by atoms with van der Waals surface area (Å²) in [6.45, 7) is 3.84. The first kappa shape index (κ1) is 15.0. The summed E-state index contributed by atoms with van der Waals surface area (Å²) >= 11 is 9.30. The Morgan fingerprint density at radius 1 is 1.25 bits per heavy atom. The van der Waals surface area contributed by atoms with Crippen LogP contribution in [0.2, 0.25) is 5.02 Å². The fraction of sp³-hybridized carbons (Fsp3) is 0.200. The topological polar surface area (TPSA) is 39.2 Å². The van der Waals surface area contributed by atoms with Crippen LogP contribution in [0.15, 0.2) is 41.1 Å². The molecule has 0 saturated carbocycles. The Morgan fingerprint density at radius 2 is 2.00 bits per heavy atom. The van der Waals surface area contributed by atoms with Crippen LogP contribution in [0.5, 0.6) is 5.75 Å².